The topological polar surface area (TPSA) is 0 Å². The second kappa shape index (κ2) is 4.05. The molecule has 0 unspecified atom stereocenters. The van der Waals surface area contributed by atoms with Crippen LogP contribution < -0.4 is 0 Å². The average molecular weight is 205 g/mol. The molecular weight excluding hydrogens is 197 g/mol. The molecule has 0 aliphatic heterocycles. The van der Waals surface area contributed by atoms with Crippen molar-refractivity contribution in [2.45, 2.75) is 11.9 Å². The molecule has 71 valence electrons. The molecule has 1 aromatic carbocycles. The molecule has 0 atom stereocenters. The molecule has 1 aromatic rings. The lowest BCUT2D eigenvalue weighted by molar-refractivity contribution is -0.137. The average Bonchev–Trinajstić information content (AvgIpc) is 2.04. The lowest BCUT2D eigenvalue weighted by atomic mass is 10.1. The zero-order valence-corrected chi connectivity index (χ0v) is 7.80. The first-order chi connectivity index (χ1) is 6.04. The minimum Gasteiger partial charge on any atom is -0.166 e. The van der Waals surface area contributed by atoms with Gasteiger partial charge >= 0.3 is 6.18 Å². The molecule has 0 aliphatic rings. The van der Waals surface area contributed by atoms with Crippen molar-refractivity contribution in [1.82, 2.24) is 0 Å². The predicted molar refractivity (Wildman–Crippen MR) is 47.5 cm³/mol. The molecule has 1 radical (unpaired) electrons. The molecule has 0 saturated carbocycles. The fraction of sp³-hybridized carbons (Fsp3) is 0.333. The summed E-state index contributed by atoms with van der Waals surface area (Å²) < 4.78 is 36.5. The summed E-state index contributed by atoms with van der Waals surface area (Å²) in [6.45, 7) is 0. The number of benzene rings is 1. The molecule has 0 spiro atoms. The SMILES string of the molecule is CSCc1[c]c(C(F)(F)F)ccc1. The van der Waals surface area contributed by atoms with Crippen LogP contribution in [0, 0.1) is 6.07 Å². The summed E-state index contributed by atoms with van der Waals surface area (Å²) in [4.78, 5) is 0. The third kappa shape index (κ3) is 2.95. The van der Waals surface area contributed by atoms with Gasteiger partial charge in [-0.15, -0.1) is 0 Å². The lowest BCUT2D eigenvalue weighted by Crippen LogP contribution is -2.05. The van der Waals surface area contributed by atoms with Crippen molar-refractivity contribution in [3.05, 3.63) is 35.4 Å². The predicted octanol–water partition coefficient (Wildman–Crippen LogP) is 3.37. The number of halogens is 3. The van der Waals surface area contributed by atoms with Crippen LogP contribution in [0.4, 0.5) is 13.2 Å². The minimum atomic E-state index is -4.28. The van der Waals surface area contributed by atoms with Crippen molar-refractivity contribution < 1.29 is 13.2 Å². The fourth-order valence-corrected chi connectivity index (χ4v) is 1.40. The molecule has 0 heterocycles. The maximum atomic E-state index is 12.2. The molecule has 13 heavy (non-hydrogen) atoms. The van der Waals surface area contributed by atoms with Gasteiger partial charge in [0.15, 0.2) is 0 Å². The van der Waals surface area contributed by atoms with Gasteiger partial charge in [-0.3, -0.25) is 0 Å². The molecule has 0 amide bonds. The van der Waals surface area contributed by atoms with Gasteiger partial charge in [-0.1, -0.05) is 12.1 Å². The second-order valence-electron chi connectivity index (χ2n) is 2.52. The highest BCUT2D eigenvalue weighted by Gasteiger charge is 2.30. The summed E-state index contributed by atoms with van der Waals surface area (Å²) in [5, 5.41) is 0. The quantitative estimate of drug-likeness (QED) is 0.713. The van der Waals surface area contributed by atoms with Crippen LogP contribution in [-0.2, 0) is 11.9 Å². The van der Waals surface area contributed by atoms with Crippen molar-refractivity contribution in [1.29, 1.82) is 0 Å². The Kier molecular flexibility index (Phi) is 3.25. The Balaban J connectivity index is 2.92. The van der Waals surface area contributed by atoms with Gasteiger partial charge in [-0.25, -0.2) is 0 Å². The van der Waals surface area contributed by atoms with Gasteiger partial charge in [0, 0.05) is 5.75 Å². The van der Waals surface area contributed by atoms with Crippen LogP contribution in [0.3, 0.4) is 0 Å². The van der Waals surface area contributed by atoms with Crippen LogP contribution >= 0.6 is 11.8 Å². The van der Waals surface area contributed by atoms with Gasteiger partial charge in [0.25, 0.3) is 0 Å². The van der Waals surface area contributed by atoms with Crippen LogP contribution in [0.5, 0.6) is 0 Å². The lowest BCUT2D eigenvalue weighted by Gasteiger charge is -2.06. The third-order valence-corrected chi connectivity index (χ3v) is 2.06. The molecule has 1 rings (SSSR count). The van der Waals surface area contributed by atoms with E-state index in [1.54, 1.807) is 6.07 Å². The van der Waals surface area contributed by atoms with E-state index in [9.17, 15) is 13.2 Å². The number of hydrogen-bond acceptors (Lipinski definition) is 1. The van der Waals surface area contributed by atoms with Crippen molar-refractivity contribution in [3.63, 3.8) is 0 Å². The van der Waals surface area contributed by atoms with E-state index in [1.807, 2.05) is 6.26 Å². The monoisotopic (exact) mass is 205 g/mol. The largest absolute Gasteiger partial charge is 0.417 e. The van der Waals surface area contributed by atoms with E-state index in [1.165, 1.54) is 17.8 Å². The normalized spacial score (nSPS) is 11.7. The molecule has 0 aliphatic carbocycles. The van der Waals surface area contributed by atoms with Crippen LogP contribution in [0.2, 0.25) is 0 Å². The Morgan fingerprint density at radius 2 is 2.08 bits per heavy atom. The molecule has 0 N–H and O–H groups in total. The number of hydrogen-bond donors (Lipinski definition) is 0. The summed E-state index contributed by atoms with van der Waals surface area (Å²) in [6, 6.07) is 6.42. The zero-order valence-electron chi connectivity index (χ0n) is 6.98. The van der Waals surface area contributed by atoms with Crippen molar-refractivity contribution in [3.8, 4) is 0 Å². The number of rotatable bonds is 2. The van der Waals surface area contributed by atoms with Crippen LogP contribution in [0.15, 0.2) is 18.2 Å². The van der Waals surface area contributed by atoms with Crippen LogP contribution in [-0.4, -0.2) is 6.26 Å². The maximum Gasteiger partial charge on any atom is 0.417 e. The number of thioether (sulfide) groups is 1. The number of alkyl halides is 3. The Morgan fingerprint density at radius 1 is 1.38 bits per heavy atom. The molecule has 0 nitrogen and oxygen atoms in total. The second-order valence-corrected chi connectivity index (χ2v) is 3.39. The van der Waals surface area contributed by atoms with E-state index in [-0.39, 0.29) is 0 Å². The third-order valence-electron chi connectivity index (χ3n) is 1.46. The molecule has 4 heteroatoms. The highest BCUT2D eigenvalue weighted by molar-refractivity contribution is 7.97. The van der Waals surface area contributed by atoms with Crippen LogP contribution in [0.25, 0.3) is 0 Å². The van der Waals surface area contributed by atoms with Crippen molar-refractivity contribution in [2.24, 2.45) is 0 Å². The van der Waals surface area contributed by atoms with Gasteiger partial charge in [-0.05, 0) is 24.0 Å². The summed E-state index contributed by atoms with van der Waals surface area (Å²) in [5.74, 6) is 0.559. The summed E-state index contributed by atoms with van der Waals surface area (Å²) in [7, 11) is 0. The van der Waals surface area contributed by atoms with E-state index in [0.29, 0.717) is 11.3 Å². The van der Waals surface area contributed by atoms with Crippen LogP contribution in [0.1, 0.15) is 11.1 Å². The first-order valence-electron chi connectivity index (χ1n) is 3.61. The minimum absolute atomic E-state index is 0.559. The molecule has 0 saturated heterocycles. The van der Waals surface area contributed by atoms with E-state index < -0.39 is 11.7 Å². The van der Waals surface area contributed by atoms with Crippen molar-refractivity contribution >= 4 is 11.8 Å². The Morgan fingerprint density at radius 3 is 2.62 bits per heavy atom. The standard InChI is InChI=1S/C9H8F3S/c1-13-6-7-3-2-4-8(5-7)9(10,11)12/h2-4H,6H2,1H3. The molecular formula is C9H8F3S. The van der Waals surface area contributed by atoms with Crippen molar-refractivity contribution in [2.75, 3.05) is 6.26 Å². The van der Waals surface area contributed by atoms with Gasteiger partial charge in [-0.2, -0.15) is 24.9 Å². The van der Waals surface area contributed by atoms with Gasteiger partial charge in [0.2, 0.25) is 0 Å². The van der Waals surface area contributed by atoms with E-state index in [4.69, 9.17) is 0 Å². The van der Waals surface area contributed by atoms with E-state index >= 15 is 0 Å². The Bertz CT molecular complexity index is 280. The Labute approximate surface area is 79.1 Å². The molecule has 0 aromatic heterocycles. The summed E-state index contributed by atoms with van der Waals surface area (Å²) >= 11 is 1.48. The van der Waals surface area contributed by atoms with Gasteiger partial charge < -0.3 is 0 Å². The molecule has 0 bridgehead atoms. The molecule has 0 fully saturated rings. The summed E-state index contributed by atoms with van der Waals surface area (Å²) in [6.07, 6.45) is -2.44. The van der Waals surface area contributed by atoms with E-state index in [0.717, 1.165) is 6.07 Å². The highest BCUT2D eigenvalue weighted by atomic mass is 32.2. The summed E-state index contributed by atoms with van der Waals surface area (Å²) in [5.41, 5.74) is -0.110. The smallest absolute Gasteiger partial charge is 0.166 e. The van der Waals surface area contributed by atoms with Gasteiger partial charge in [0.05, 0.1) is 5.56 Å². The van der Waals surface area contributed by atoms with Gasteiger partial charge in [0.1, 0.15) is 0 Å². The first-order valence-corrected chi connectivity index (χ1v) is 5.01. The zero-order chi connectivity index (χ0) is 9.90. The Hall–Kier alpha value is -0.640. The first kappa shape index (κ1) is 10.4. The van der Waals surface area contributed by atoms with E-state index in [2.05, 4.69) is 6.07 Å². The highest BCUT2D eigenvalue weighted by Crippen LogP contribution is 2.29. The fourth-order valence-electron chi connectivity index (χ4n) is 0.922. The maximum absolute atomic E-state index is 12.2.